The first kappa shape index (κ1) is 19.1. The second-order valence-corrected chi connectivity index (χ2v) is 5.24. The molecule has 0 bridgehead atoms. The molecular weight excluding hydrogens is 318 g/mol. The van der Waals surface area contributed by atoms with E-state index in [1.54, 1.807) is 26.8 Å². The Morgan fingerprint density at radius 3 is 1.26 bits per heavy atom. The second-order valence-electron chi connectivity index (χ2n) is 5.24. The van der Waals surface area contributed by atoms with Crippen LogP contribution < -0.4 is 0 Å². The van der Waals surface area contributed by atoms with Crippen LogP contribution in [0, 0.1) is 20.8 Å². The van der Waals surface area contributed by atoms with E-state index in [-0.39, 0.29) is 0 Å². The average Bonchev–Trinajstić information content (AvgIpc) is 2.36. The number of alkyl halides is 6. The first-order valence-corrected chi connectivity index (χ1v) is 6.69. The topological polar surface area (TPSA) is 0 Å². The molecule has 2 rings (SSSR count). The van der Waals surface area contributed by atoms with Crippen molar-refractivity contribution in [2.45, 2.75) is 33.1 Å². The van der Waals surface area contributed by atoms with Gasteiger partial charge in [0.1, 0.15) is 0 Å². The summed E-state index contributed by atoms with van der Waals surface area (Å²) in [6, 6.07) is 9.06. The number of aryl methyl sites for hydroxylation is 3. The van der Waals surface area contributed by atoms with Gasteiger partial charge in [0.15, 0.2) is 0 Å². The summed E-state index contributed by atoms with van der Waals surface area (Å²) in [7, 11) is 0. The second kappa shape index (κ2) is 7.06. The summed E-state index contributed by atoms with van der Waals surface area (Å²) < 4.78 is 72.2. The van der Waals surface area contributed by atoms with E-state index in [0.29, 0.717) is 11.1 Å². The Hall–Kier alpha value is -1.98. The number of halogens is 6. The Labute approximate surface area is 130 Å². The fraction of sp³-hybridized carbons (Fsp3) is 0.294. The molecule has 0 aliphatic rings. The molecule has 0 spiro atoms. The highest BCUT2D eigenvalue weighted by Gasteiger charge is 2.30. The maximum Gasteiger partial charge on any atom is 0.416 e. The third-order valence-corrected chi connectivity index (χ3v) is 2.93. The predicted molar refractivity (Wildman–Crippen MR) is 77.1 cm³/mol. The lowest BCUT2D eigenvalue weighted by Gasteiger charge is -2.08. The molecule has 0 nitrogen and oxygen atoms in total. The Kier molecular flexibility index (Phi) is 5.86. The van der Waals surface area contributed by atoms with Gasteiger partial charge in [-0.1, -0.05) is 34.9 Å². The van der Waals surface area contributed by atoms with Gasteiger partial charge in [0, 0.05) is 0 Å². The van der Waals surface area contributed by atoms with Gasteiger partial charge in [-0.3, -0.25) is 0 Å². The number of rotatable bonds is 0. The third kappa shape index (κ3) is 6.34. The largest absolute Gasteiger partial charge is 0.416 e. The van der Waals surface area contributed by atoms with Crippen molar-refractivity contribution >= 4 is 0 Å². The number of hydrogen-bond donors (Lipinski definition) is 0. The Morgan fingerprint density at radius 1 is 0.522 bits per heavy atom. The average molecular weight is 334 g/mol. The van der Waals surface area contributed by atoms with Crippen LogP contribution in [0.3, 0.4) is 0 Å². The van der Waals surface area contributed by atoms with Gasteiger partial charge in [0.05, 0.1) is 11.1 Å². The molecular formula is C17H16F6. The highest BCUT2D eigenvalue weighted by molar-refractivity contribution is 5.30. The normalized spacial score (nSPS) is 11.7. The molecule has 0 unspecified atom stereocenters. The molecule has 0 aromatic heterocycles. The van der Waals surface area contributed by atoms with Crippen molar-refractivity contribution in [3.63, 3.8) is 0 Å². The van der Waals surface area contributed by atoms with E-state index in [2.05, 4.69) is 0 Å². The van der Waals surface area contributed by atoms with Crippen molar-refractivity contribution in [2.75, 3.05) is 0 Å². The van der Waals surface area contributed by atoms with E-state index in [1.165, 1.54) is 12.1 Å². The Morgan fingerprint density at radius 2 is 0.913 bits per heavy atom. The molecule has 0 heterocycles. The Bertz CT molecular complexity index is 615. The predicted octanol–water partition coefficient (Wildman–Crippen LogP) is 6.34. The molecule has 126 valence electrons. The lowest BCUT2D eigenvalue weighted by atomic mass is 10.1. The first-order valence-electron chi connectivity index (χ1n) is 6.69. The van der Waals surface area contributed by atoms with Crippen LogP contribution in [0.2, 0.25) is 0 Å². The zero-order valence-corrected chi connectivity index (χ0v) is 12.8. The summed E-state index contributed by atoms with van der Waals surface area (Å²) >= 11 is 0. The lowest BCUT2D eigenvalue weighted by Crippen LogP contribution is -2.05. The van der Waals surface area contributed by atoms with Gasteiger partial charge >= 0.3 is 12.4 Å². The highest BCUT2D eigenvalue weighted by atomic mass is 19.4. The third-order valence-electron chi connectivity index (χ3n) is 2.93. The number of hydrogen-bond acceptors (Lipinski definition) is 0. The van der Waals surface area contributed by atoms with Crippen molar-refractivity contribution < 1.29 is 26.3 Å². The maximum atomic E-state index is 12.1. The van der Waals surface area contributed by atoms with E-state index in [9.17, 15) is 26.3 Å². The quantitative estimate of drug-likeness (QED) is 0.493. The first-order chi connectivity index (χ1) is 10.4. The maximum absolute atomic E-state index is 12.1. The van der Waals surface area contributed by atoms with Gasteiger partial charge in [-0.2, -0.15) is 26.3 Å². The van der Waals surface area contributed by atoms with Gasteiger partial charge in [-0.25, -0.2) is 0 Å². The van der Waals surface area contributed by atoms with E-state index in [1.807, 2.05) is 0 Å². The molecule has 0 fully saturated rings. The van der Waals surface area contributed by atoms with Gasteiger partial charge in [-0.15, -0.1) is 0 Å². The number of benzene rings is 2. The highest BCUT2D eigenvalue weighted by Crippen LogP contribution is 2.30. The van der Waals surface area contributed by atoms with Gasteiger partial charge in [0.25, 0.3) is 0 Å². The van der Waals surface area contributed by atoms with Gasteiger partial charge in [0.2, 0.25) is 0 Å². The molecule has 0 saturated carbocycles. The molecule has 0 saturated heterocycles. The minimum Gasteiger partial charge on any atom is -0.166 e. The van der Waals surface area contributed by atoms with Crippen LogP contribution in [-0.4, -0.2) is 0 Å². The Balaban J connectivity index is 0.000000231. The van der Waals surface area contributed by atoms with Crippen molar-refractivity contribution in [1.29, 1.82) is 0 Å². The van der Waals surface area contributed by atoms with Crippen LogP contribution in [0.25, 0.3) is 0 Å². The molecule has 0 atom stereocenters. The molecule has 0 aliphatic carbocycles. The van der Waals surface area contributed by atoms with Crippen LogP contribution in [0.4, 0.5) is 26.3 Å². The summed E-state index contributed by atoms with van der Waals surface area (Å²) in [4.78, 5) is 0. The summed E-state index contributed by atoms with van der Waals surface area (Å²) in [5.74, 6) is 0. The SMILES string of the molecule is Cc1cc(C)cc(C(F)(F)F)c1.Cc1ccc(C(F)(F)F)cc1. The zero-order valence-electron chi connectivity index (χ0n) is 12.8. The smallest absolute Gasteiger partial charge is 0.166 e. The molecule has 2 aromatic rings. The van der Waals surface area contributed by atoms with Crippen molar-refractivity contribution in [2.24, 2.45) is 0 Å². The van der Waals surface area contributed by atoms with Crippen LogP contribution in [-0.2, 0) is 12.4 Å². The van der Waals surface area contributed by atoms with Crippen LogP contribution >= 0.6 is 0 Å². The summed E-state index contributed by atoms with van der Waals surface area (Å²) in [6.07, 6.45) is -8.44. The standard InChI is InChI=1S/C9H9F3.C8H7F3/c1-6-3-7(2)5-8(4-6)9(10,11)12;1-6-2-4-7(5-3-6)8(9,10)11/h3-5H,1-2H3;2-5H,1H3. The van der Waals surface area contributed by atoms with Crippen molar-refractivity contribution in [1.82, 2.24) is 0 Å². The fourth-order valence-electron chi connectivity index (χ4n) is 1.88. The molecule has 0 aliphatic heterocycles. The van der Waals surface area contributed by atoms with Gasteiger partial charge in [-0.05, 0) is 45.0 Å². The molecule has 23 heavy (non-hydrogen) atoms. The molecule has 0 amide bonds. The van der Waals surface area contributed by atoms with Crippen LogP contribution in [0.15, 0.2) is 42.5 Å². The van der Waals surface area contributed by atoms with E-state index in [4.69, 9.17) is 0 Å². The monoisotopic (exact) mass is 334 g/mol. The van der Waals surface area contributed by atoms with E-state index in [0.717, 1.165) is 29.8 Å². The van der Waals surface area contributed by atoms with Gasteiger partial charge < -0.3 is 0 Å². The van der Waals surface area contributed by atoms with E-state index < -0.39 is 23.5 Å². The zero-order chi connectivity index (χ0) is 17.8. The van der Waals surface area contributed by atoms with Crippen LogP contribution in [0.5, 0.6) is 0 Å². The minimum atomic E-state index is -4.23. The lowest BCUT2D eigenvalue weighted by molar-refractivity contribution is -0.138. The summed E-state index contributed by atoms with van der Waals surface area (Å²) in [5, 5.41) is 0. The van der Waals surface area contributed by atoms with Crippen LogP contribution in [0.1, 0.15) is 27.8 Å². The molecule has 0 N–H and O–H groups in total. The molecule has 6 heteroatoms. The molecule has 0 radical (unpaired) electrons. The molecule has 2 aromatic carbocycles. The summed E-state index contributed by atoms with van der Waals surface area (Å²) in [6.45, 7) is 5.06. The van der Waals surface area contributed by atoms with Crippen molar-refractivity contribution in [3.8, 4) is 0 Å². The van der Waals surface area contributed by atoms with E-state index >= 15 is 0 Å². The summed E-state index contributed by atoms with van der Waals surface area (Å²) in [5.41, 5.74) is 0.950. The van der Waals surface area contributed by atoms with Crippen molar-refractivity contribution in [3.05, 3.63) is 70.3 Å². The fourth-order valence-corrected chi connectivity index (χ4v) is 1.88. The minimum absolute atomic E-state index is 0.569.